The quantitative estimate of drug-likeness (QED) is 0.463. The number of hydrogen-bond donors (Lipinski definition) is 1. The topological polar surface area (TPSA) is 83.6 Å². The normalized spacial score (nSPS) is 9.92. The van der Waals surface area contributed by atoms with Crippen molar-refractivity contribution in [3.8, 4) is 11.9 Å². The minimum atomic E-state index is -0.399. The monoisotopic (exact) mass is 598 g/mol. The van der Waals surface area contributed by atoms with E-state index < -0.39 is 5.91 Å². The summed E-state index contributed by atoms with van der Waals surface area (Å²) in [7, 11) is 0. The number of nitrogens with one attached hydrogen (secondary N) is 1. The number of halogens is 2. The molecule has 0 unspecified atom stereocenters. The molecule has 2 aromatic heterocycles. The van der Waals surface area contributed by atoms with Gasteiger partial charge in [-0.15, -0.1) is 5.56 Å². The van der Waals surface area contributed by atoms with Crippen molar-refractivity contribution in [2.75, 3.05) is 5.32 Å². The molecular weight excluding hydrogens is 589 g/mol. The fourth-order valence-electron chi connectivity index (χ4n) is 2.20. The maximum absolute atomic E-state index is 12.7. The zero-order chi connectivity index (χ0) is 18.0. The number of carbonyl (C=O) groups is 1. The number of pyridine rings is 1. The summed E-state index contributed by atoms with van der Waals surface area (Å²) in [6.45, 7) is 1.79. The van der Waals surface area contributed by atoms with Crippen molar-refractivity contribution < 1.29 is 25.9 Å². The van der Waals surface area contributed by atoms with E-state index in [4.69, 9.17) is 16.9 Å². The molecule has 0 bridgehead atoms. The summed E-state index contributed by atoms with van der Waals surface area (Å²) in [4.78, 5) is 16.9. The van der Waals surface area contributed by atoms with E-state index in [1.165, 1.54) is 10.7 Å². The molecule has 0 saturated heterocycles. The maximum atomic E-state index is 12.7. The van der Waals surface area contributed by atoms with Crippen molar-refractivity contribution in [2.24, 2.45) is 0 Å². The molecule has 0 atom stereocenters. The van der Waals surface area contributed by atoms with E-state index in [-0.39, 0.29) is 26.8 Å². The van der Waals surface area contributed by atoms with E-state index in [1.807, 2.05) is 6.07 Å². The summed E-state index contributed by atoms with van der Waals surface area (Å²) in [6.07, 6.45) is 1.57. The van der Waals surface area contributed by atoms with Gasteiger partial charge < -0.3 is 5.32 Å². The third-order valence-corrected chi connectivity index (χ3v) is 4.04. The first kappa shape index (κ1) is 20.3. The summed E-state index contributed by atoms with van der Waals surface area (Å²) in [6, 6.07) is 13.1. The first-order chi connectivity index (χ1) is 12.0. The summed E-state index contributed by atoms with van der Waals surface area (Å²) in [5, 5.41) is 16.3. The Morgan fingerprint density at radius 2 is 2.23 bits per heavy atom. The zero-order valence-corrected chi connectivity index (χ0v) is 18.6. The number of hydrogen-bond acceptors (Lipinski definition) is 4. The molecule has 0 saturated carbocycles. The Kier molecular flexibility index (Phi) is 6.71. The molecule has 0 fully saturated rings. The Morgan fingerprint density at radius 3 is 2.88 bits per heavy atom. The van der Waals surface area contributed by atoms with Crippen LogP contribution < -0.4 is 5.32 Å². The number of nitrogens with zero attached hydrogens (tertiary/aromatic N) is 4. The van der Waals surface area contributed by atoms with Crippen LogP contribution in [0.5, 0.6) is 0 Å². The molecule has 3 rings (SSSR count). The van der Waals surface area contributed by atoms with Crippen LogP contribution in [0.25, 0.3) is 5.82 Å². The SMILES string of the molecule is Cc1cc(C#N)c[c-]c1NC(=O)c1cc(Br)nn1-c1ncccc1Cl.[W]. The van der Waals surface area contributed by atoms with Gasteiger partial charge in [0.05, 0.1) is 5.02 Å². The number of anilines is 1. The third-order valence-electron chi connectivity index (χ3n) is 3.36. The van der Waals surface area contributed by atoms with E-state index in [2.05, 4.69) is 37.4 Å². The largest absolute Gasteiger partial charge is 0.344 e. The van der Waals surface area contributed by atoms with Gasteiger partial charge in [-0.1, -0.05) is 29.8 Å². The summed E-state index contributed by atoms with van der Waals surface area (Å²) in [5.41, 5.74) is 1.95. The minimum Gasteiger partial charge on any atom is -0.344 e. The van der Waals surface area contributed by atoms with E-state index in [0.717, 1.165) is 5.56 Å². The molecule has 1 N–H and O–H groups in total. The van der Waals surface area contributed by atoms with Crippen LogP contribution in [0.3, 0.4) is 0 Å². The number of nitriles is 1. The number of amides is 1. The molecule has 0 spiro atoms. The average Bonchev–Trinajstić information content (AvgIpc) is 2.98. The number of carbonyl (C=O) groups excluding carboxylic acids is 1. The van der Waals surface area contributed by atoms with Crippen molar-refractivity contribution >= 4 is 39.1 Å². The van der Waals surface area contributed by atoms with Crippen LogP contribution in [0.15, 0.2) is 41.1 Å². The van der Waals surface area contributed by atoms with Crippen LogP contribution in [0.1, 0.15) is 21.6 Å². The molecule has 26 heavy (non-hydrogen) atoms. The fourth-order valence-corrected chi connectivity index (χ4v) is 2.77. The van der Waals surface area contributed by atoms with Crippen LogP contribution >= 0.6 is 27.5 Å². The predicted octanol–water partition coefficient (Wildman–Crippen LogP) is 3.91. The fraction of sp³-hybridized carbons (Fsp3) is 0.0588. The molecule has 3 aromatic rings. The second-order valence-corrected chi connectivity index (χ2v) is 6.30. The molecule has 6 nitrogen and oxygen atoms in total. The van der Waals surface area contributed by atoms with Gasteiger partial charge in [-0.05, 0) is 28.1 Å². The third kappa shape index (κ3) is 4.21. The number of benzene rings is 1. The minimum absolute atomic E-state index is 0. The van der Waals surface area contributed by atoms with Crippen molar-refractivity contribution in [2.45, 2.75) is 6.92 Å². The number of aromatic nitrogens is 3. The van der Waals surface area contributed by atoms with E-state index in [1.54, 1.807) is 37.4 Å². The molecule has 9 heteroatoms. The molecule has 2 heterocycles. The molecule has 0 aliphatic rings. The summed E-state index contributed by atoms with van der Waals surface area (Å²) < 4.78 is 1.83. The van der Waals surface area contributed by atoms with Gasteiger partial charge in [-0.2, -0.15) is 23.3 Å². The first-order valence-corrected chi connectivity index (χ1v) is 8.27. The molecule has 0 aliphatic carbocycles. The van der Waals surface area contributed by atoms with Gasteiger partial charge in [0, 0.05) is 39.4 Å². The van der Waals surface area contributed by atoms with Crippen LogP contribution in [-0.2, 0) is 21.1 Å². The van der Waals surface area contributed by atoms with Crippen LogP contribution in [0, 0.1) is 24.3 Å². The van der Waals surface area contributed by atoms with Gasteiger partial charge in [-0.25, -0.2) is 14.9 Å². The van der Waals surface area contributed by atoms with E-state index in [0.29, 0.717) is 26.7 Å². The Balaban J connectivity index is 0.00000243. The Bertz CT molecular complexity index is 1010. The van der Waals surface area contributed by atoms with E-state index in [9.17, 15) is 4.79 Å². The summed E-state index contributed by atoms with van der Waals surface area (Å²) >= 11 is 9.42. The van der Waals surface area contributed by atoms with Gasteiger partial charge in [-0.3, -0.25) is 4.79 Å². The van der Waals surface area contributed by atoms with Crippen LogP contribution in [0.4, 0.5) is 5.69 Å². The Hall–Kier alpha value is -2.00. The van der Waals surface area contributed by atoms with Gasteiger partial charge in [0.15, 0.2) is 5.82 Å². The average molecular weight is 599 g/mol. The Morgan fingerprint density at radius 1 is 1.46 bits per heavy atom. The number of aryl methyl sites for hydroxylation is 1. The van der Waals surface area contributed by atoms with Gasteiger partial charge in [0.25, 0.3) is 5.91 Å². The molecular formula is C17H10BrClN5OW-. The van der Waals surface area contributed by atoms with Gasteiger partial charge in [0.2, 0.25) is 0 Å². The zero-order valence-electron chi connectivity index (χ0n) is 13.3. The molecule has 0 aliphatic heterocycles. The smallest absolute Gasteiger partial charge is 0.272 e. The van der Waals surface area contributed by atoms with Crippen LogP contribution in [-0.4, -0.2) is 20.7 Å². The van der Waals surface area contributed by atoms with Crippen molar-refractivity contribution in [1.29, 1.82) is 5.26 Å². The first-order valence-electron chi connectivity index (χ1n) is 7.10. The molecule has 1 aromatic carbocycles. The second kappa shape index (κ2) is 8.59. The van der Waals surface area contributed by atoms with E-state index >= 15 is 0 Å². The van der Waals surface area contributed by atoms with Crippen molar-refractivity contribution in [3.05, 3.63) is 69.0 Å². The van der Waals surface area contributed by atoms with Crippen molar-refractivity contribution in [1.82, 2.24) is 14.8 Å². The maximum Gasteiger partial charge on any atom is 0.272 e. The standard InChI is InChI=1S/C17H10BrClN5O.W/c1-10-7-11(9-20)4-5-13(10)22-17(25)14-8-15(18)23-24(14)16-12(19)3-2-6-21-16;/h2-4,6-8H,1H3,(H,22,25);/q-1;. The number of rotatable bonds is 3. The molecule has 1 amide bonds. The molecule has 130 valence electrons. The van der Waals surface area contributed by atoms with Crippen LogP contribution in [0.2, 0.25) is 5.02 Å². The summed E-state index contributed by atoms with van der Waals surface area (Å²) in [5.74, 6) is -0.0514. The van der Waals surface area contributed by atoms with Gasteiger partial charge in [0.1, 0.15) is 10.3 Å². The van der Waals surface area contributed by atoms with Gasteiger partial charge >= 0.3 is 0 Å². The van der Waals surface area contributed by atoms with Crippen molar-refractivity contribution in [3.63, 3.8) is 0 Å². The Labute approximate surface area is 177 Å². The predicted molar refractivity (Wildman–Crippen MR) is 96.8 cm³/mol. The molecule has 0 radical (unpaired) electrons. The second-order valence-electron chi connectivity index (χ2n) is 5.09.